The zero-order valence-electron chi connectivity index (χ0n) is 20.2. The molecule has 0 aromatic carbocycles. The van der Waals surface area contributed by atoms with Gasteiger partial charge in [0.25, 0.3) is 0 Å². The number of aliphatic hydroxyl groups excluding tert-OH is 1. The topological polar surface area (TPSA) is 20.2 Å². The van der Waals surface area contributed by atoms with Gasteiger partial charge in [-0.1, -0.05) is 72.5 Å². The minimum Gasteiger partial charge on any atom is -0.393 e. The molecule has 3 fully saturated rings. The van der Waals surface area contributed by atoms with E-state index in [0.717, 1.165) is 36.0 Å². The maximum absolute atomic E-state index is 11.3. The fraction of sp³-hybridized carbons (Fsp3) is 0.929. The molecular weight excluding hydrogens is 352 g/mol. The zero-order chi connectivity index (χ0) is 21.0. The van der Waals surface area contributed by atoms with Crippen LogP contribution in [0.5, 0.6) is 0 Å². The lowest BCUT2D eigenvalue weighted by atomic mass is 9.45. The first-order valence-electron chi connectivity index (χ1n) is 13.1. The summed E-state index contributed by atoms with van der Waals surface area (Å²) in [7, 11) is 0. The van der Waals surface area contributed by atoms with Crippen molar-refractivity contribution < 1.29 is 5.11 Å². The van der Waals surface area contributed by atoms with Crippen LogP contribution >= 0.6 is 0 Å². The van der Waals surface area contributed by atoms with Crippen LogP contribution in [0.4, 0.5) is 0 Å². The molecule has 0 aromatic heterocycles. The average molecular weight is 401 g/mol. The van der Waals surface area contributed by atoms with Crippen molar-refractivity contribution in [1.82, 2.24) is 0 Å². The summed E-state index contributed by atoms with van der Waals surface area (Å²) < 4.78 is 0. The molecule has 0 heterocycles. The Kier molecular flexibility index (Phi) is 6.04. The Bertz CT molecular complexity index is 620. The van der Waals surface area contributed by atoms with Crippen molar-refractivity contribution in [1.29, 1.82) is 0 Å². The summed E-state index contributed by atoms with van der Waals surface area (Å²) >= 11 is 0. The number of hydrogen-bond donors (Lipinski definition) is 1. The number of hydrogen-bond acceptors (Lipinski definition) is 1. The fourth-order valence-electron chi connectivity index (χ4n) is 9.16. The molecule has 4 rings (SSSR count). The summed E-state index contributed by atoms with van der Waals surface area (Å²) in [6, 6.07) is 0. The van der Waals surface area contributed by atoms with Crippen molar-refractivity contribution in [3.05, 3.63) is 11.6 Å². The van der Waals surface area contributed by atoms with Crippen LogP contribution in [0.15, 0.2) is 11.6 Å². The van der Waals surface area contributed by atoms with Crippen LogP contribution in [0, 0.1) is 52.3 Å². The monoisotopic (exact) mass is 400 g/mol. The Hall–Kier alpha value is -0.300. The van der Waals surface area contributed by atoms with Crippen molar-refractivity contribution in [3.63, 3.8) is 0 Å². The number of allylic oxidation sites excluding steroid dienone is 2. The van der Waals surface area contributed by atoms with Gasteiger partial charge in [0.05, 0.1) is 6.10 Å². The van der Waals surface area contributed by atoms with Crippen molar-refractivity contribution in [2.45, 2.75) is 112 Å². The van der Waals surface area contributed by atoms with Gasteiger partial charge in [0.15, 0.2) is 0 Å². The highest BCUT2D eigenvalue weighted by molar-refractivity contribution is 5.26. The van der Waals surface area contributed by atoms with Crippen LogP contribution < -0.4 is 0 Å². The van der Waals surface area contributed by atoms with E-state index in [1.54, 1.807) is 5.57 Å². The van der Waals surface area contributed by atoms with Crippen molar-refractivity contribution >= 4 is 0 Å². The quantitative estimate of drug-likeness (QED) is 0.470. The second-order valence-corrected chi connectivity index (χ2v) is 12.6. The van der Waals surface area contributed by atoms with Gasteiger partial charge < -0.3 is 5.11 Å². The highest BCUT2D eigenvalue weighted by atomic mass is 16.3. The van der Waals surface area contributed by atoms with Gasteiger partial charge in [-0.3, -0.25) is 0 Å². The van der Waals surface area contributed by atoms with E-state index in [1.165, 1.54) is 57.8 Å². The van der Waals surface area contributed by atoms with Crippen LogP contribution in [0.1, 0.15) is 106 Å². The van der Waals surface area contributed by atoms with Crippen LogP contribution in [-0.4, -0.2) is 11.2 Å². The molecule has 1 unspecified atom stereocenters. The molecule has 0 saturated heterocycles. The van der Waals surface area contributed by atoms with Gasteiger partial charge in [-0.15, -0.1) is 0 Å². The van der Waals surface area contributed by atoms with Gasteiger partial charge >= 0.3 is 0 Å². The maximum atomic E-state index is 11.3. The minimum absolute atomic E-state index is 0.0697. The molecule has 29 heavy (non-hydrogen) atoms. The molecule has 0 bridgehead atoms. The third-order valence-corrected chi connectivity index (χ3v) is 10.8. The van der Waals surface area contributed by atoms with Gasteiger partial charge in [0, 0.05) is 0 Å². The lowest BCUT2D eigenvalue weighted by molar-refractivity contribution is -0.0688. The smallest absolute Gasteiger partial charge is 0.0579 e. The number of rotatable bonds is 5. The molecule has 1 heteroatoms. The largest absolute Gasteiger partial charge is 0.393 e. The second kappa shape index (κ2) is 7.99. The third kappa shape index (κ3) is 3.46. The normalized spacial score (nSPS) is 47.9. The Labute approximate surface area is 181 Å². The van der Waals surface area contributed by atoms with Gasteiger partial charge in [-0.2, -0.15) is 0 Å². The van der Waals surface area contributed by atoms with Crippen LogP contribution in [0.3, 0.4) is 0 Å². The zero-order valence-corrected chi connectivity index (χ0v) is 20.2. The number of fused-ring (bicyclic) bond motifs is 5. The molecule has 4 aliphatic rings. The highest BCUT2D eigenvalue weighted by Gasteiger charge is 2.62. The molecule has 0 radical (unpaired) electrons. The Morgan fingerprint density at radius 3 is 2.59 bits per heavy atom. The van der Waals surface area contributed by atoms with Crippen LogP contribution in [0.25, 0.3) is 0 Å². The predicted molar refractivity (Wildman–Crippen MR) is 124 cm³/mol. The van der Waals surface area contributed by atoms with E-state index < -0.39 is 0 Å². The van der Waals surface area contributed by atoms with E-state index in [0.29, 0.717) is 22.7 Å². The number of aliphatic hydroxyl groups is 1. The lowest BCUT2D eigenvalue weighted by Crippen LogP contribution is -2.52. The summed E-state index contributed by atoms with van der Waals surface area (Å²) in [6.45, 7) is 14.9. The third-order valence-electron chi connectivity index (χ3n) is 10.8. The van der Waals surface area contributed by atoms with Gasteiger partial charge in [-0.25, -0.2) is 0 Å². The lowest BCUT2D eigenvalue weighted by Gasteiger charge is -2.59. The SMILES string of the molecule is CC(C)CCC[C@@H](C)[C@H]1[C@@H](O)C[C@H]2[C@@H]3CC=C4CCCC(C)[C@]4(C)[C@H]3CC[C@]12C. The fourth-order valence-corrected chi connectivity index (χ4v) is 9.16. The van der Waals surface area contributed by atoms with E-state index in [2.05, 4.69) is 47.6 Å². The van der Waals surface area contributed by atoms with Crippen molar-refractivity contribution in [3.8, 4) is 0 Å². The first kappa shape index (κ1) is 21.9. The molecule has 1 nitrogen and oxygen atoms in total. The highest BCUT2D eigenvalue weighted by Crippen LogP contribution is 2.68. The van der Waals surface area contributed by atoms with Gasteiger partial charge in [0.2, 0.25) is 0 Å². The van der Waals surface area contributed by atoms with E-state index in [1.807, 2.05) is 0 Å². The molecule has 4 aliphatic carbocycles. The predicted octanol–water partition coefficient (Wildman–Crippen LogP) is 7.63. The molecule has 3 saturated carbocycles. The van der Waals surface area contributed by atoms with Crippen molar-refractivity contribution in [2.75, 3.05) is 0 Å². The standard InChI is InChI=1S/C28H48O/c1-18(2)9-7-10-19(3)26-25(29)17-24-22-14-13-21-12-8-11-20(4)28(21,6)23(22)15-16-27(24,26)5/h13,18-20,22-26,29H,7-12,14-17H2,1-6H3/t19-,20?,22-,23+,24+,25+,26+,27+,28+/m1/s1. The first-order chi connectivity index (χ1) is 13.7. The molecular formula is C28H48O. The van der Waals surface area contributed by atoms with Crippen LogP contribution in [0.2, 0.25) is 0 Å². The maximum Gasteiger partial charge on any atom is 0.0579 e. The summed E-state index contributed by atoms with van der Waals surface area (Å²) in [5.74, 6) is 5.21. The molecule has 9 atom stereocenters. The molecule has 1 N–H and O–H groups in total. The Morgan fingerprint density at radius 1 is 1.10 bits per heavy atom. The van der Waals surface area contributed by atoms with Crippen molar-refractivity contribution in [2.24, 2.45) is 52.3 Å². The minimum atomic E-state index is -0.0697. The Morgan fingerprint density at radius 2 is 1.86 bits per heavy atom. The molecule has 166 valence electrons. The molecule has 0 aromatic rings. The van der Waals surface area contributed by atoms with Gasteiger partial charge in [-0.05, 0) is 97.2 Å². The average Bonchev–Trinajstić information content (AvgIpc) is 2.92. The van der Waals surface area contributed by atoms with E-state index >= 15 is 0 Å². The van der Waals surface area contributed by atoms with Crippen LogP contribution in [-0.2, 0) is 0 Å². The van der Waals surface area contributed by atoms with E-state index in [-0.39, 0.29) is 6.10 Å². The summed E-state index contributed by atoms with van der Waals surface area (Å²) in [5.41, 5.74) is 2.60. The second-order valence-electron chi connectivity index (χ2n) is 12.6. The first-order valence-corrected chi connectivity index (χ1v) is 13.1. The Balaban J connectivity index is 1.55. The molecule has 0 amide bonds. The summed E-state index contributed by atoms with van der Waals surface area (Å²) in [6.07, 6.45) is 15.9. The summed E-state index contributed by atoms with van der Waals surface area (Å²) in [5, 5.41) is 11.3. The molecule has 0 aliphatic heterocycles. The van der Waals surface area contributed by atoms with E-state index in [9.17, 15) is 5.11 Å². The molecule has 0 spiro atoms. The van der Waals surface area contributed by atoms with E-state index in [4.69, 9.17) is 0 Å². The summed E-state index contributed by atoms with van der Waals surface area (Å²) in [4.78, 5) is 0. The van der Waals surface area contributed by atoms with Gasteiger partial charge in [0.1, 0.15) is 0 Å².